The van der Waals surface area contributed by atoms with Gasteiger partial charge in [-0.2, -0.15) is 0 Å². The van der Waals surface area contributed by atoms with Crippen LogP contribution in [0.2, 0.25) is 0 Å². The summed E-state index contributed by atoms with van der Waals surface area (Å²) in [7, 11) is 0. The zero-order valence-electron chi connectivity index (χ0n) is 13.6. The minimum atomic E-state index is -0.112. The first kappa shape index (κ1) is 15.2. The Morgan fingerprint density at radius 2 is 2.00 bits per heavy atom. The van der Waals surface area contributed by atoms with E-state index in [4.69, 9.17) is 0 Å². The molecule has 1 aromatic carbocycles. The molecule has 0 saturated carbocycles. The quantitative estimate of drug-likeness (QED) is 0.787. The molecule has 3 heterocycles. The van der Waals surface area contributed by atoms with Gasteiger partial charge in [-0.05, 0) is 43.0 Å². The summed E-state index contributed by atoms with van der Waals surface area (Å²) in [6.45, 7) is 4.54. The maximum Gasteiger partial charge on any atom is 0.273 e. The lowest BCUT2D eigenvalue weighted by atomic mass is 9.99. The number of hydrogen-bond acceptors (Lipinski definition) is 4. The fraction of sp³-hybridized carbons (Fsp3) is 0.333. The van der Waals surface area contributed by atoms with E-state index in [1.807, 2.05) is 21.9 Å². The highest BCUT2D eigenvalue weighted by Gasteiger charge is 2.16. The van der Waals surface area contributed by atoms with E-state index in [1.54, 1.807) is 12.4 Å². The van der Waals surface area contributed by atoms with E-state index in [-0.39, 0.29) is 5.91 Å². The number of fused-ring (bicyclic) bond motifs is 1. The molecule has 3 aromatic rings. The SMILES string of the molecule is CC1CCN(c2ccc(NC(=O)c3csc4nccn34)cc2)CC1. The van der Waals surface area contributed by atoms with Crippen LogP contribution in [0.4, 0.5) is 11.4 Å². The molecular weight excluding hydrogens is 320 g/mol. The second-order valence-electron chi connectivity index (χ2n) is 6.37. The van der Waals surface area contributed by atoms with Gasteiger partial charge in [-0.3, -0.25) is 9.20 Å². The van der Waals surface area contributed by atoms with Gasteiger partial charge in [0.15, 0.2) is 4.96 Å². The molecule has 1 saturated heterocycles. The van der Waals surface area contributed by atoms with Crippen LogP contribution >= 0.6 is 11.3 Å². The molecule has 1 aliphatic heterocycles. The lowest BCUT2D eigenvalue weighted by Crippen LogP contribution is -2.32. The molecule has 124 valence electrons. The fourth-order valence-electron chi connectivity index (χ4n) is 3.11. The van der Waals surface area contributed by atoms with Crippen LogP contribution in [0.1, 0.15) is 30.3 Å². The summed E-state index contributed by atoms with van der Waals surface area (Å²) in [5, 5.41) is 4.80. The minimum Gasteiger partial charge on any atom is -0.372 e. The molecule has 1 amide bonds. The van der Waals surface area contributed by atoms with Gasteiger partial charge in [-0.25, -0.2) is 4.98 Å². The van der Waals surface area contributed by atoms with E-state index >= 15 is 0 Å². The Kier molecular flexibility index (Phi) is 3.98. The molecule has 1 aliphatic rings. The van der Waals surface area contributed by atoms with E-state index < -0.39 is 0 Å². The monoisotopic (exact) mass is 340 g/mol. The molecule has 24 heavy (non-hydrogen) atoms. The van der Waals surface area contributed by atoms with Gasteiger partial charge >= 0.3 is 0 Å². The van der Waals surface area contributed by atoms with E-state index in [2.05, 4.69) is 34.3 Å². The first-order valence-corrected chi connectivity index (χ1v) is 9.15. The lowest BCUT2D eigenvalue weighted by Gasteiger charge is -2.32. The smallest absolute Gasteiger partial charge is 0.273 e. The highest BCUT2D eigenvalue weighted by molar-refractivity contribution is 7.15. The van der Waals surface area contributed by atoms with Gasteiger partial charge in [-0.1, -0.05) is 6.92 Å². The Morgan fingerprint density at radius 1 is 1.25 bits per heavy atom. The Morgan fingerprint density at radius 3 is 2.75 bits per heavy atom. The van der Waals surface area contributed by atoms with Crippen LogP contribution in [0.15, 0.2) is 42.0 Å². The molecular formula is C18H20N4OS. The van der Waals surface area contributed by atoms with Gasteiger partial charge in [0.1, 0.15) is 5.69 Å². The summed E-state index contributed by atoms with van der Waals surface area (Å²) in [6, 6.07) is 8.13. The number of rotatable bonds is 3. The van der Waals surface area contributed by atoms with Crippen LogP contribution in [0.25, 0.3) is 4.96 Å². The Hall–Kier alpha value is -2.34. The van der Waals surface area contributed by atoms with Crippen LogP contribution in [0.3, 0.4) is 0 Å². The largest absolute Gasteiger partial charge is 0.372 e. The number of carbonyl (C=O) groups excluding carboxylic acids is 1. The molecule has 2 aromatic heterocycles. The van der Waals surface area contributed by atoms with Gasteiger partial charge in [-0.15, -0.1) is 11.3 Å². The second-order valence-corrected chi connectivity index (χ2v) is 7.21. The number of imidazole rings is 1. The fourth-order valence-corrected chi connectivity index (χ4v) is 3.94. The van der Waals surface area contributed by atoms with Gasteiger partial charge in [0.25, 0.3) is 5.91 Å². The Balaban J connectivity index is 1.45. The number of anilines is 2. The summed E-state index contributed by atoms with van der Waals surface area (Å²) in [5.41, 5.74) is 2.66. The summed E-state index contributed by atoms with van der Waals surface area (Å²) in [4.78, 5) is 19.9. The lowest BCUT2D eigenvalue weighted by molar-refractivity contribution is 0.102. The third-order valence-corrected chi connectivity index (χ3v) is 5.50. The maximum atomic E-state index is 12.4. The standard InChI is InChI=1S/C18H20N4OS/c1-13-6-9-21(10-7-13)15-4-2-14(3-5-15)20-17(23)16-12-24-18-19-8-11-22(16)18/h2-5,8,11-13H,6-7,9-10H2,1H3,(H,20,23). The third kappa shape index (κ3) is 2.89. The zero-order chi connectivity index (χ0) is 16.5. The van der Waals surface area contributed by atoms with Crippen LogP contribution < -0.4 is 10.2 Å². The summed E-state index contributed by atoms with van der Waals surface area (Å²) in [5.74, 6) is 0.712. The van der Waals surface area contributed by atoms with Gasteiger partial charge in [0.05, 0.1) is 0 Å². The molecule has 0 radical (unpaired) electrons. The van der Waals surface area contributed by atoms with Crippen LogP contribution in [-0.4, -0.2) is 28.4 Å². The predicted octanol–water partition coefficient (Wildman–Crippen LogP) is 3.88. The molecule has 0 atom stereocenters. The normalized spacial score (nSPS) is 15.8. The van der Waals surface area contributed by atoms with E-state index in [0.717, 1.165) is 29.7 Å². The molecule has 0 bridgehead atoms. The topological polar surface area (TPSA) is 49.6 Å². The molecule has 0 aliphatic carbocycles. The number of piperidine rings is 1. The number of aromatic nitrogens is 2. The van der Waals surface area contributed by atoms with Gasteiger partial charge in [0.2, 0.25) is 0 Å². The van der Waals surface area contributed by atoms with Crippen molar-refractivity contribution in [2.45, 2.75) is 19.8 Å². The summed E-state index contributed by atoms with van der Waals surface area (Å²) in [6.07, 6.45) is 6.01. The third-order valence-electron chi connectivity index (χ3n) is 4.65. The molecule has 0 spiro atoms. The molecule has 5 nitrogen and oxygen atoms in total. The number of nitrogens with zero attached hydrogens (tertiary/aromatic N) is 3. The number of thiazole rings is 1. The van der Waals surface area contributed by atoms with Crippen molar-refractivity contribution in [3.8, 4) is 0 Å². The average Bonchev–Trinajstić information content (AvgIpc) is 3.19. The molecule has 1 N–H and O–H groups in total. The predicted molar refractivity (Wildman–Crippen MR) is 98.1 cm³/mol. The van der Waals surface area contributed by atoms with Crippen molar-refractivity contribution >= 4 is 33.6 Å². The van der Waals surface area contributed by atoms with Crippen LogP contribution in [-0.2, 0) is 0 Å². The number of hydrogen-bond donors (Lipinski definition) is 1. The molecule has 6 heteroatoms. The Bertz CT molecular complexity index is 843. The summed E-state index contributed by atoms with van der Waals surface area (Å²) >= 11 is 1.47. The van der Waals surface area contributed by atoms with E-state index in [1.165, 1.54) is 29.9 Å². The average molecular weight is 340 g/mol. The van der Waals surface area contributed by atoms with Crippen molar-refractivity contribution in [1.29, 1.82) is 0 Å². The van der Waals surface area contributed by atoms with Crippen molar-refractivity contribution < 1.29 is 4.79 Å². The van der Waals surface area contributed by atoms with Crippen molar-refractivity contribution in [3.63, 3.8) is 0 Å². The second kappa shape index (κ2) is 6.28. The highest BCUT2D eigenvalue weighted by atomic mass is 32.1. The highest BCUT2D eigenvalue weighted by Crippen LogP contribution is 2.24. The van der Waals surface area contributed by atoms with Gasteiger partial charge < -0.3 is 10.2 Å². The van der Waals surface area contributed by atoms with Crippen LogP contribution in [0, 0.1) is 5.92 Å². The zero-order valence-corrected chi connectivity index (χ0v) is 14.4. The first-order valence-electron chi connectivity index (χ1n) is 8.27. The van der Waals surface area contributed by atoms with Crippen molar-refractivity contribution in [1.82, 2.24) is 9.38 Å². The minimum absolute atomic E-state index is 0.112. The van der Waals surface area contributed by atoms with E-state index in [9.17, 15) is 4.79 Å². The Labute approximate surface area is 144 Å². The van der Waals surface area contributed by atoms with Crippen molar-refractivity contribution in [2.24, 2.45) is 5.92 Å². The first-order chi connectivity index (χ1) is 11.7. The van der Waals surface area contributed by atoms with Gasteiger partial charge in [0, 0.05) is 42.2 Å². The van der Waals surface area contributed by atoms with Crippen molar-refractivity contribution in [2.75, 3.05) is 23.3 Å². The number of nitrogens with one attached hydrogen (secondary N) is 1. The number of benzene rings is 1. The molecule has 4 rings (SSSR count). The maximum absolute atomic E-state index is 12.4. The number of amides is 1. The summed E-state index contributed by atoms with van der Waals surface area (Å²) < 4.78 is 1.81. The van der Waals surface area contributed by atoms with Crippen molar-refractivity contribution in [3.05, 3.63) is 47.7 Å². The van der Waals surface area contributed by atoms with E-state index in [0.29, 0.717) is 5.69 Å². The van der Waals surface area contributed by atoms with Crippen LogP contribution in [0.5, 0.6) is 0 Å². The molecule has 1 fully saturated rings. The number of carbonyl (C=O) groups is 1. The molecule has 0 unspecified atom stereocenters.